The van der Waals surface area contributed by atoms with Crippen LogP contribution in [0.15, 0.2) is 12.1 Å². The van der Waals surface area contributed by atoms with E-state index in [4.69, 9.17) is 22.4 Å². The minimum absolute atomic E-state index is 0.148. The minimum atomic E-state index is -4.89. The van der Waals surface area contributed by atoms with E-state index < -0.39 is 46.7 Å². The molecule has 19 heavy (non-hydrogen) atoms. The number of hydrogen-bond donors (Lipinski definition) is 2. The predicted octanol–water partition coefficient (Wildman–Crippen LogP) is 3.13. The van der Waals surface area contributed by atoms with E-state index in [0.717, 1.165) is 0 Å². The van der Waals surface area contributed by atoms with Crippen LogP contribution in [-0.4, -0.2) is 17.6 Å². The number of rotatable bonds is 3. The first kappa shape index (κ1) is 16.1. The highest BCUT2D eigenvalue weighted by atomic mass is 35.5. The third kappa shape index (κ3) is 3.31. The topological polar surface area (TPSA) is 46.2 Å². The number of halogens is 7. The molecule has 0 saturated heterocycles. The summed E-state index contributed by atoms with van der Waals surface area (Å²) in [5.41, 5.74) is 2.47. The quantitative estimate of drug-likeness (QED) is 0.843. The lowest BCUT2D eigenvalue weighted by Gasteiger charge is -2.23. The van der Waals surface area contributed by atoms with E-state index in [1.807, 2.05) is 0 Å². The normalized spacial score (nSPS) is 14.6. The van der Waals surface area contributed by atoms with Crippen LogP contribution >= 0.6 is 11.6 Å². The summed E-state index contributed by atoms with van der Waals surface area (Å²) in [4.78, 5) is 0. The molecule has 0 saturated carbocycles. The molecule has 0 aliphatic rings. The van der Waals surface area contributed by atoms with Gasteiger partial charge < -0.3 is 10.8 Å². The summed E-state index contributed by atoms with van der Waals surface area (Å²) in [6, 6.07) is -2.03. The fourth-order valence-electron chi connectivity index (χ4n) is 1.33. The number of nitrogens with two attached hydrogens (primary N) is 1. The molecule has 0 amide bonds. The summed E-state index contributed by atoms with van der Waals surface area (Å²) in [6.45, 7) is -1.73. The van der Waals surface area contributed by atoms with Gasteiger partial charge in [-0.3, -0.25) is 0 Å². The van der Waals surface area contributed by atoms with Crippen LogP contribution in [0.2, 0.25) is 5.02 Å². The molecule has 1 rings (SSSR count). The molecule has 0 fully saturated rings. The Labute approximate surface area is 108 Å². The maximum absolute atomic E-state index is 13.5. The van der Waals surface area contributed by atoms with Crippen LogP contribution in [0.5, 0.6) is 0 Å². The molecule has 1 atom stereocenters. The lowest BCUT2D eigenvalue weighted by molar-refractivity contribution is -0.137. The Kier molecular flexibility index (Phi) is 4.38. The second-order valence-corrected chi connectivity index (χ2v) is 4.16. The monoisotopic (exact) mass is 307 g/mol. The number of aliphatic hydroxyl groups excluding tert-OH is 1. The number of benzene rings is 1. The smallest absolute Gasteiger partial charge is 0.390 e. The zero-order valence-electron chi connectivity index (χ0n) is 9.11. The molecule has 1 aromatic rings. The van der Waals surface area contributed by atoms with Crippen LogP contribution in [0.1, 0.15) is 17.2 Å². The molecule has 9 heteroatoms. The van der Waals surface area contributed by atoms with Crippen LogP contribution in [0.3, 0.4) is 0 Å². The number of aliphatic hydroxyl groups is 1. The van der Waals surface area contributed by atoms with Gasteiger partial charge >= 0.3 is 6.18 Å². The van der Waals surface area contributed by atoms with Crippen LogP contribution in [-0.2, 0) is 6.18 Å². The van der Waals surface area contributed by atoms with Crippen molar-refractivity contribution in [3.8, 4) is 0 Å². The van der Waals surface area contributed by atoms with E-state index in [9.17, 15) is 26.3 Å². The molecule has 0 aliphatic carbocycles. The first-order chi connectivity index (χ1) is 8.50. The molecule has 0 bridgehead atoms. The Bertz CT molecular complexity index is 476. The van der Waals surface area contributed by atoms with Crippen molar-refractivity contribution in [2.45, 2.75) is 18.1 Å². The highest BCUT2D eigenvalue weighted by molar-refractivity contribution is 6.30. The zero-order chi connectivity index (χ0) is 15.0. The van der Waals surface area contributed by atoms with E-state index in [1.165, 1.54) is 0 Å². The maximum Gasteiger partial charge on any atom is 0.416 e. The molecule has 0 aromatic heterocycles. The van der Waals surface area contributed by atoms with Gasteiger partial charge in [-0.25, -0.2) is 13.2 Å². The van der Waals surface area contributed by atoms with E-state index in [1.54, 1.807) is 0 Å². The first-order valence-electron chi connectivity index (χ1n) is 4.81. The van der Waals surface area contributed by atoms with E-state index in [2.05, 4.69) is 0 Å². The van der Waals surface area contributed by atoms with Crippen LogP contribution in [0.25, 0.3) is 0 Å². The summed E-state index contributed by atoms with van der Waals surface area (Å²) in [5.74, 6) is -5.45. The predicted molar refractivity (Wildman–Crippen MR) is 55.4 cm³/mol. The van der Waals surface area contributed by atoms with E-state index >= 15 is 0 Å². The molecule has 3 N–H and O–H groups in total. The molecular weight excluding hydrogens is 300 g/mol. The Morgan fingerprint density at radius 2 is 1.74 bits per heavy atom. The van der Waals surface area contributed by atoms with Crippen molar-refractivity contribution in [3.63, 3.8) is 0 Å². The van der Waals surface area contributed by atoms with Crippen molar-refractivity contribution in [3.05, 3.63) is 34.1 Å². The van der Waals surface area contributed by atoms with Gasteiger partial charge in [0.05, 0.1) is 16.6 Å². The molecular formula is C10H8ClF6NO. The zero-order valence-corrected chi connectivity index (χ0v) is 9.87. The van der Waals surface area contributed by atoms with Crippen molar-refractivity contribution in [2.24, 2.45) is 5.73 Å². The van der Waals surface area contributed by atoms with Gasteiger partial charge in [-0.1, -0.05) is 11.6 Å². The SMILES string of the molecule is N[C@@H](c1cc(C(F)(F)F)cc(Cl)c1F)C(F)(F)CO. The molecule has 0 aliphatic heterocycles. The standard InChI is InChI=1S/C10H8ClF6NO/c11-6-2-4(10(15,16)17)1-5(7(6)12)8(18)9(13,14)3-19/h1-2,8,19H,3,18H2/t8-/m0/s1. The van der Waals surface area contributed by atoms with Crippen LogP contribution < -0.4 is 5.73 Å². The van der Waals surface area contributed by atoms with Crippen molar-refractivity contribution in [1.82, 2.24) is 0 Å². The largest absolute Gasteiger partial charge is 0.416 e. The van der Waals surface area contributed by atoms with Gasteiger partial charge in [0.25, 0.3) is 5.92 Å². The highest BCUT2D eigenvalue weighted by Gasteiger charge is 2.41. The molecule has 0 spiro atoms. The van der Waals surface area contributed by atoms with E-state index in [-0.39, 0.29) is 12.1 Å². The van der Waals surface area contributed by atoms with Gasteiger partial charge in [0.2, 0.25) is 0 Å². The highest BCUT2D eigenvalue weighted by Crippen LogP contribution is 2.38. The van der Waals surface area contributed by atoms with Crippen molar-refractivity contribution < 1.29 is 31.4 Å². The number of alkyl halides is 5. The molecule has 0 radical (unpaired) electrons. The lowest BCUT2D eigenvalue weighted by atomic mass is 9.99. The average Bonchev–Trinajstić information content (AvgIpc) is 2.30. The first-order valence-corrected chi connectivity index (χ1v) is 5.19. The Hall–Kier alpha value is -0.990. The van der Waals surface area contributed by atoms with Gasteiger partial charge in [0, 0.05) is 5.56 Å². The van der Waals surface area contributed by atoms with Gasteiger partial charge in [0.1, 0.15) is 12.4 Å². The average molecular weight is 308 g/mol. The van der Waals surface area contributed by atoms with Gasteiger partial charge in [-0.05, 0) is 12.1 Å². The van der Waals surface area contributed by atoms with Gasteiger partial charge in [0.15, 0.2) is 0 Å². The third-order valence-corrected chi connectivity index (χ3v) is 2.66. The number of hydrogen-bond acceptors (Lipinski definition) is 2. The molecule has 108 valence electrons. The fourth-order valence-corrected chi connectivity index (χ4v) is 1.55. The van der Waals surface area contributed by atoms with Gasteiger partial charge in [-0.2, -0.15) is 13.2 Å². The maximum atomic E-state index is 13.5. The third-order valence-electron chi connectivity index (χ3n) is 2.38. The summed E-state index contributed by atoms with van der Waals surface area (Å²) in [5, 5.41) is 7.43. The minimum Gasteiger partial charge on any atom is -0.390 e. The Morgan fingerprint density at radius 1 is 1.21 bits per heavy atom. The van der Waals surface area contributed by atoms with Crippen molar-refractivity contribution in [1.29, 1.82) is 0 Å². The molecule has 0 unspecified atom stereocenters. The van der Waals surface area contributed by atoms with Crippen molar-refractivity contribution >= 4 is 11.6 Å². The van der Waals surface area contributed by atoms with Crippen molar-refractivity contribution in [2.75, 3.05) is 6.61 Å². The van der Waals surface area contributed by atoms with Gasteiger partial charge in [-0.15, -0.1) is 0 Å². The lowest BCUT2D eigenvalue weighted by Crippen LogP contribution is -2.37. The van der Waals surface area contributed by atoms with Crippen LogP contribution in [0.4, 0.5) is 26.3 Å². The summed E-state index contributed by atoms with van der Waals surface area (Å²) < 4.78 is 77.1. The fraction of sp³-hybridized carbons (Fsp3) is 0.400. The molecule has 1 aromatic carbocycles. The summed E-state index contributed by atoms with van der Waals surface area (Å²) in [7, 11) is 0. The Morgan fingerprint density at radius 3 is 2.16 bits per heavy atom. The summed E-state index contributed by atoms with van der Waals surface area (Å²) >= 11 is 5.22. The second kappa shape index (κ2) is 5.18. The second-order valence-electron chi connectivity index (χ2n) is 3.76. The Balaban J connectivity index is 3.39. The molecule has 2 nitrogen and oxygen atoms in total. The summed E-state index contributed by atoms with van der Waals surface area (Å²) in [6.07, 6.45) is -4.89. The molecule has 0 heterocycles. The van der Waals surface area contributed by atoms with Crippen LogP contribution in [0, 0.1) is 5.82 Å². The van der Waals surface area contributed by atoms with E-state index in [0.29, 0.717) is 0 Å².